The summed E-state index contributed by atoms with van der Waals surface area (Å²) in [4.78, 5) is 39.6. The molecule has 27 heavy (non-hydrogen) atoms. The third-order valence-electron chi connectivity index (χ3n) is 4.37. The van der Waals surface area contributed by atoms with Gasteiger partial charge in [-0.3, -0.25) is 24.7 Å². The zero-order valence-corrected chi connectivity index (χ0v) is 16.0. The van der Waals surface area contributed by atoms with Crippen LogP contribution >= 0.6 is 11.8 Å². The van der Waals surface area contributed by atoms with E-state index in [1.165, 1.54) is 0 Å². The fraction of sp³-hybridized carbons (Fsp3) is 0.300. The number of thioether (sulfide) groups is 1. The fourth-order valence-electron chi connectivity index (χ4n) is 2.73. The van der Waals surface area contributed by atoms with Crippen molar-refractivity contribution in [2.45, 2.75) is 31.4 Å². The molecule has 0 radical (unpaired) electrons. The smallest absolute Gasteiger partial charge is 0.286 e. The predicted octanol–water partition coefficient (Wildman–Crippen LogP) is 3.19. The highest BCUT2D eigenvalue weighted by Gasteiger charge is 2.43. The Balaban J connectivity index is 1.56. The van der Waals surface area contributed by atoms with Crippen LogP contribution in [0.2, 0.25) is 0 Å². The summed E-state index contributed by atoms with van der Waals surface area (Å²) < 4.78 is 4.74. The van der Waals surface area contributed by atoms with Crippen molar-refractivity contribution >= 4 is 28.7 Å². The summed E-state index contributed by atoms with van der Waals surface area (Å²) in [6.45, 7) is 3.68. The molecule has 1 fully saturated rings. The second-order valence-electron chi connectivity index (χ2n) is 6.51. The molecule has 1 aromatic carbocycles. The van der Waals surface area contributed by atoms with Crippen molar-refractivity contribution in [2.75, 3.05) is 6.61 Å². The Hall–Kier alpha value is -2.67. The molecule has 3 rings (SSSR count). The van der Waals surface area contributed by atoms with Gasteiger partial charge in [0, 0.05) is 6.20 Å². The van der Waals surface area contributed by atoms with Gasteiger partial charge < -0.3 is 4.74 Å². The molecule has 2 aromatic rings. The van der Waals surface area contributed by atoms with Gasteiger partial charge in [-0.2, -0.15) is 0 Å². The van der Waals surface area contributed by atoms with Gasteiger partial charge in [-0.25, -0.2) is 0 Å². The number of hydrogen-bond donors (Lipinski definition) is 1. The number of carbonyl (C=O) groups is 3. The topological polar surface area (TPSA) is 85.4 Å². The van der Waals surface area contributed by atoms with Crippen LogP contribution < -0.4 is 10.1 Å². The lowest BCUT2D eigenvalue weighted by Crippen LogP contribution is -2.35. The molecule has 0 spiro atoms. The molecule has 1 saturated heterocycles. The maximum Gasteiger partial charge on any atom is 0.286 e. The van der Waals surface area contributed by atoms with E-state index in [1.807, 2.05) is 25.1 Å². The average Bonchev–Trinajstić information content (AvgIpc) is 2.92. The zero-order chi connectivity index (χ0) is 19.4. The maximum absolute atomic E-state index is 12.2. The number of carbonyl (C=O) groups excluding carboxylic acids is 3. The summed E-state index contributed by atoms with van der Waals surface area (Å²) in [5, 5.41) is 1.99. The SMILES string of the molecule is CCc1ccc(C(=O)COc2ccc(CC3(C)SC(=O)NC3=O)cc2)nc1. The fourth-order valence-corrected chi connectivity index (χ4v) is 3.67. The van der Waals surface area contributed by atoms with Crippen molar-refractivity contribution in [1.29, 1.82) is 0 Å². The maximum atomic E-state index is 12.2. The summed E-state index contributed by atoms with van der Waals surface area (Å²) >= 11 is 1.01. The number of aromatic nitrogens is 1. The quantitative estimate of drug-likeness (QED) is 0.738. The number of hydrogen-bond acceptors (Lipinski definition) is 6. The molecule has 2 heterocycles. The van der Waals surface area contributed by atoms with Crippen LogP contribution in [0.1, 0.15) is 35.5 Å². The number of pyridine rings is 1. The molecule has 6 nitrogen and oxygen atoms in total. The third-order valence-corrected chi connectivity index (χ3v) is 5.43. The van der Waals surface area contributed by atoms with Crippen molar-refractivity contribution in [3.63, 3.8) is 0 Å². The van der Waals surface area contributed by atoms with Crippen molar-refractivity contribution < 1.29 is 19.1 Å². The number of Topliss-reactive ketones (excluding diaryl/α,β-unsaturated/α-hetero) is 1. The van der Waals surface area contributed by atoms with Crippen LogP contribution in [0.5, 0.6) is 5.75 Å². The van der Waals surface area contributed by atoms with E-state index in [0.29, 0.717) is 17.9 Å². The van der Waals surface area contributed by atoms with Crippen LogP contribution in [-0.4, -0.2) is 33.3 Å². The highest BCUT2D eigenvalue weighted by molar-refractivity contribution is 8.16. The number of aryl methyl sites for hydroxylation is 1. The zero-order valence-electron chi connectivity index (χ0n) is 15.2. The minimum atomic E-state index is -0.800. The number of rotatable bonds is 7. The molecule has 0 saturated carbocycles. The third kappa shape index (κ3) is 4.54. The van der Waals surface area contributed by atoms with Gasteiger partial charge in [0.15, 0.2) is 6.61 Å². The Kier molecular flexibility index (Phi) is 5.60. The van der Waals surface area contributed by atoms with Gasteiger partial charge in [0.2, 0.25) is 11.7 Å². The molecule has 1 unspecified atom stereocenters. The Bertz CT molecular complexity index is 865. The first kappa shape index (κ1) is 19.1. The van der Waals surface area contributed by atoms with E-state index >= 15 is 0 Å². The molecule has 1 N–H and O–H groups in total. The van der Waals surface area contributed by atoms with Crippen LogP contribution in [-0.2, 0) is 17.6 Å². The minimum Gasteiger partial charge on any atom is -0.485 e. The van der Waals surface area contributed by atoms with Gasteiger partial charge in [-0.05, 0) is 60.9 Å². The van der Waals surface area contributed by atoms with Gasteiger partial charge in [0.25, 0.3) is 5.24 Å². The van der Waals surface area contributed by atoms with E-state index < -0.39 is 4.75 Å². The number of nitrogens with zero attached hydrogens (tertiary/aromatic N) is 1. The van der Waals surface area contributed by atoms with Gasteiger partial charge in [0.05, 0.1) is 0 Å². The van der Waals surface area contributed by atoms with Gasteiger partial charge in [-0.1, -0.05) is 25.1 Å². The highest BCUT2D eigenvalue weighted by Crippen LogP contribution is 2.34. The Morgan fingerprint density at radius 3 is 2.41 bits per heavy atom. The molecule has 1 aliphatic heterocycles. The first-order valence-corrected chi connectivity index (χ1v) is 9.45. The number of nitrogens with one attached hydrogen (secondary N) is 1. The standard InChI is InChI=1S/C20H20N2O4S/c1-3-13-6-9-16(21-11-13)17(23)12-26-15-7-4-14(5-8-15)10-20(2)18(24)22-19(25)27-20/h4-9,11H,3,10,12H2,1-2H3,(H,22,24,25). The van der Waals surface area contributed by atoms with E-state index in [0.717, 1.165) is 29.3 Å². The molecule has 2 amide bonds. The molecule has 1 aliphatic rings. The summed E-state index contributed by atoms with van der Waals surface area (Å²) in [6.07, 6.45) is 3.00. The van der Waals surface area contributed by atoms with E-state index in [1.54, 1.807) is 31.3 Å². The lowest BCUT2D eigenvalue weighted by molar-refractivity contribution is -0.121. The number of imide groups is 1. The van der Waals surface area contributed by atoms with Crippen LogP contribution in [0.3, 0.4) is 0 Å². The van der Waals surface area contributed by atoms with E-state index in [4.69, 9.17) is 4.74 Å². The van der Waals surface area contributed by atoms with Crippen molar-refractivity contribution in [2.24, 2.45) is 0 Å². The van der Waals surface area contributed by atoms with Crippen molar-refractivity contribution in [3.05, 3.63) is 59.4 Å². The van der Waals surface area contributed by atoms with Gasteiger partial charge in [-0.15, -0.1) is 0 Å². The molecule has 0 bridgehead atoms. The van der Waals surface area contributed by atoms with Crippen LogP contribution in [0.15, 0.2) is 42.6 Å². The van der Waals surface area contributed by atoms with Crippen LogP contribution in [0.25, 0.3) is 0 Å². The number of ketones is 1. The lowest BCUT2D eigenvalue weighted by atomic mass is 9.99. The van der Waals surface area contributed by atoms with Crippen LogP contribution in [0.4, 0.5) is 4.79 Å². The number of benzene rings is 1. The van der Waals surface area contributed by atoms with E-state index in [2.05, 4.69) is 10.3 Å². The summed E-state index contributed by atoms with van der Waals surface area (Å²) in [6, 6.07) is 10.8. The number of ether oxygens (including phenoxy) is 1. The largest absolute Gasteiger partial charge is 0.485 e. The van der Waals surface area contributed by atoms with E-state index in [9.17, 15) is 14.4 Å². The molecule has 1 atom stereocenters. The van der Waals surface area contributed by atoms with Crippen molar-refractivity contribution in [3.8, 4) is 5.75 Å². The normalized spacial score (nSPS) is 19.0. The molecule has 7 heteroatoms. The van der Waals surface area contributed by atoms with Gasteiger partial charge >= 0.3 is 0 Å². The highest BCUT2D eigenvalue weighted by atomic mass is 32.2. The first-order chi connectivity index (χ1) is 12.9. The Morgan fingerprint density at radius 1 is 1.15 bits per heavy atom. The second-order valence-corrected chi connectivity index (χ2v) is 7.99. The predicted molar refractivity (Wildman–Crippen MR) is 103 cm³/mol. The lowest BCUT2D eigenvalue weighted by Gasteiger charge is -2.18. The molecular formula is C20H20N2O4S. The molecule has 140 valence electrons. The summed E-state index contributed by atoms with van der Waals surface area (Å²) in [7, 11) is 0. The summed E-state index contributed by atoms with van der Waals surface area (Å²) in [5.74, 6) is 0.0961. The molecule has 1 aromatic heterocycles. The molecular weight excluding hydrogens is 364 g/mol. The van der Waals surface area contributed by atoms with Crippen LogP contribution in [0, 0.1) is 0 Å². The Morgan fingerprint density at radius 2 is 1.85 bits per heavy atom. The average molecular weight is 384 g/mol. The van der Waals surface area contributed by atoms with E-state index in [-0.39, 0.29) is 23.5 Å². The molecule has 0 aliphatic carbocycles. The summed E-state index contributed by atoms with van der Waals surface area (Å²) in [5.41, 5.74) is 2.36. The number of amides is 2. The Labute approximate surface area is 161 Å². The minimum absolute atomic E-state index is 0.0949. The van der Waals surface area contributed by atoms with Crippen molar-refractivity contribution in [1.82, 2.24) is 10.3 Å². The monoisotopic (exact) mass is 384 g/mol. The first-order valence-electron chi connectivity index (χ1n) is 8.64. The second kappa shape index (κ2) is 7.92. The van der Waals surface area contributed by atoms with Gasteiger partial charge in [0.1, 0.15) is 16.2 Å².